The monoisotopic (exact) mass is 168 g/mol. The summed E-state index contributed by atoms with van der Waals surface area (Å²) in [5, 5.41) is 18.5. The van der Waals surface area contributed by atoms with Crippen molar-refractivity contribution < 1.29 is 19.7 Å². The molecule has 0 aromatic heterocycles. The number of carbonyl (C=O) groups excluding carboxylic acids is 1. The second kappa shape index (κ2) is 2.43. The molecule has 1 aliphatic heterocycles. The van der Waals surface area contributed by atoms with Gasteiger partial charge >= 0.3 is 5.97 Å². The van der Waals surface area contributed by atoms with E-state index in [2.05, 4.69) is 0 Å². The van der Waals surface area contributed by atoms with Gasteiger partial charge in [0.05, 0.1) is 0 Å². The van der Waals surface area contributed by atoms with Crippen LogP contribution in [-0.4, -0.2) is 34.5 Å². The molecule has 4 nitrogen and oxygen atoms in total. The summed E-state index contributed by atoms with van der Waals surface area (Å²) < 4.78 is 4.76. The minimum atomic E-state index is -1.03. The van der Waals surface area contributed by atoms with E-state index in [1.807, 2.05) is 0 Å². The van der Waals surface area contributed by atoms with E-state index in [0.29, 0.717) is 5.57 Å². The molecule has 1 heterocycles. The van der Waals surface area contributed by atoms with Gasteiger partial charge in [-0.15, -0.1) is 0 Å². The van der Waals surface area contributed by atoms with Gasteiger partial charge in [-0.05, 0) is 0 Å². The average molecular weight is 168 g/mol. The molecular weight excluding hydrogens is 160 g/mol. The fourth-order valence-electron chi connectivity index (χ4n) is 1.36. The van der Waals surface area contributed by atoms with Crippen LogP contribution in [0.1, 0.15) is 0 Å². The molecule has 0 fully saturated rings. The lowest BCUT2D eigenvalue weighted by Crippen LogP contribution is -2.39. The maximum Gasteiger partial charge on any atom is 0.331 e. The van der Waals surface area contributed by atoms with Crippen molar-refractivity contribution >= 4 is 5.97 Å². The Labute approximate surface area is 68.8 Å². The summed E-state index contributed by atoms with van der Waals surface area (Å²) in [6.45, 7) is 0. The Bertz CT molecular complexity index is 279. The first-order valence-corrected chi connectivity index (χ1v) is 3.65. The Kier molecular flexibility index (Phi) is 1.52. The van der Waals surface area contributed by atoms with E-state index < -0.39 is 24.3 Å². The van der Waals surface area contributed by atoms with Gasteiger partial charge in [-0.3, -0.25) is 0 Å². The first-order chi connectivity index (χ1) is 5.68. The van der Waals surface area contributed by atoms with Crippen LogP contribution in [0.2, 0.25) is 0 Å². The number of rotatable bonds is 0. The minimum Gasteiger partial charge on any atom is -0.451 e. The quantitative estimate of drug-likeness (QED) is 0.461. The summed E-state index contributed by atoms with van der Waals surface area (Å²) in [5.74, 6) is -0.465. The normalized spacial score (nSPS) is 39.0. The van der Waals surface area contributed by atoms with Crippen molar-refractivity contribution in [2.24, 2.45) is 0 Å². The van der Waals surface area contributed by atoms with Crippen molar-refractivity contribution in [1.29, 1.82) is 0 Å². The van der Waals surface area contributed by atoms with Crippen LogP contribution in [0.15, 0.2) is 23.8 Å². The van der Waals surface area contributed by atoms with Crippen molar-refractivity contribution in [3.05, 3.63) is 23.8 Å². The summed E-state index contributed by atoms with van der Waals surface area (Å²) >= 11 is 0. The van der Waals surface area contributed by atoms with E-state index in [1.165, 1.54) is 12.2 Å². The number of fused-ring (bicyclic) bond motifs is 1. The van der Waals surface area contributed by atoms with Crippen LogP contribution in [0.3, 0.4) is 0 Å². The fourth-order valence-corrected chi connectivity index (χ4v) is 1.36. The van der Waals surface area contributed by atoms with Gasteiger partial charge in [0, 0.05) is 11.6 Å². The molecule has 1 aliphatic carbocycles. The first kappa shape index (κ1) is 7.52. The molecule has 0 unspecified atom stereocenters. The molecular formula is C8H8O4. The number of esters is 1. The molecule has 2 rings (SSSR count). The third kappa shape index (κ3) is 0.964. The van der Waals surface area contributed by atoms with Gasteiger partial charge in [-0.2, -0.15) is 0 Å². The molecule has 0 spiro atoms. The molecule has 2 aliphatic rings. The molecule has 12 heavy (non-hydrogen) atoms. The Hall–Kier alpha value is -1.13. The van der Waals surface area contributed by atoms with E-state index in [4.69, 9.17) is 9.84 Å². The number of aliphatic hydroxyl groups is 2. The number of hydrogen-bond donors (Lipinski definition) is 2. The molecule has 0 saturated carbocycles. The van der Waals surface area contributed by atoms with Crippen LogP contribution in [-0.2, 0) is 9.53 Å². The van der Waals surface area contributed by atoms with E-state index in [0.717, 1.165) is 0 Å². The molecule has 64 valence electrons. The highest BCUT2D eigenvalue weighted by Gasteiger charge is 2.37. The minimum absolute atomic E-state index is 0.465. The number of ether oxygens (including phenoxy) is 1. The van der Waals surface area contributed by atoms with Crippen molar-refractivity contribution in [2.75, 3.05) is 0 Å². The summed E-state index contributed by atoms with van der Waals surface area (Å²) in [6.07, 6.45) is 1.68. The van der Waals surface area contributed by atoms with Crippen LogP contribution >= 0.6 is 0 Å². The predicted molar refractivity (Wildman–Crippen MR) is 39.1 cm³/mol. The highest BCUT2D eigenvalue weighted by Crippen LogP contribution is 2.26. The molecule has 0 amide bonds. The molecule has 0 bridgehead atoms. The highest BCUT2D eigenvalue weighted by molar-refractivity contribution is 5.87. The van der Waals surface area contributed by atoms with Crippen LogP contribution < -0.4 is 0 Å². The maximum atomic E-state index is 10.7. The Morgan fingerprint density at radius 1 is 1.42 bits per heavy atom. The standard InChI is InChI=1S/C8H8O4/c9-5-2-1-4-3-6(10)12-8(4)7(5)11/h1-3,5,7-9,11H/t5-,7+,8+/m1/s1. The van der Waals surface area contributed by atoms with Crippen LogP contribution in [0.5, 0.6) is 0 Å². The van der Waals surface area contributed by atoms with Crippen LogP contribution in [0.25, 0.3) is 0 Å². The summed E-state index contributed by atoms with van der Waals surface area (Å²) in [7, 11) is 0. The zero-order chi connectivity index (χ0) is 8.72. The van der Waals surface area contributed by atoms with E-state index >= 15 is 0 Å². The Morgan fingerprint density at radius 2 is 2.17 bits per heavy atom. The average Bonchev–Trinajstić information content (AvgIpc) is 2.39. The lowest BCUT2D eigenvalue weighted by Gasteiger charge is -2.25. The van der Waals surface area contributed by atoms with Crippen molar-refractivity contribution in [3.8, 4) is 0 Å². The van der Waals surface area contributed by atoms with Gasteiger partial charge in [0.1, 0.15) is 12.2 Å². The SMILES string of the molecule is O=C1C=C2C=C[C@@H](O)[C@H](O)[C@H]2O1. The summed E-state index contributed by atoms with van der Waals surface area (Å²) in [6, 6.07) is 0. The van der Waals surface area contributed by atoms with Gasteiger partial charge in [-0.1, -0.05) is 12.2 Å². The Morgan fingerprint density at radius 3 is 2.92 bits per heavy atom. The lowest BCUT2D eigenvalue weighted by molar-refractivity contribution is -0.145. The maximum absolute atomic E-state index is 10.7. The summed E-state index contributed by atoms with van der Waals surface area (Å²) in [5.41, 5.74) is 0.623. The highest BCUT2D eigenvalue weighted by atomic mass is 16.6. The van der Waals surface area contributed by atoms with Gasteiger partial charge in [0.2, 0.25) is 0 Å². The third-order valence-corrected chi connectivity index (χ3v) is 2.00. The van der Waals surface area contributed by atoms with Crippen molar-refractivity contribution in [2.45, 2.75) is 18.3 Å². The lowest BCUT2D eigenvalue weighted by atomic mass is 9.95. The van der Waals surface area contributed by atoms with Gasteiger partial charge < -0.3 is 14.9 Å². The summed E-state index contributed by atoms with van der Waals surface area (Å²) in [4.78, 5) is 10.7. The van der Waals surface area contributed by atoms with Gasteiger partial charge in [-0.25, -0.2) is 4.79 Å². The Balaban J connectivity index is 2.32. The number of carbonyl (C=O) groups is 1. The molecule has 0 radical (unpaired) electrons. The number of aliphatic hydroxyl groups excluding tert-OH is 2. The number of hydrogen-bond acceptors (Lipinski definition) is 4. The second-order valence-corrected chi connectivity index (χ2v) is 2.84. The largest absolute Gasteiger partial charge is 0.451 e. The predicted octanol–water partition coefficient (Wildman–Crippen LogP) is -0.870. The first-order valence-electron chi connectivity index (χ1n) is 3.65. The molecule has 3 atom stereocenters. The molecule has 4 heteroatoms. The van der Waals surface area contributed by atoms with Gasteiger partial charge in [0.25, 0.3) is 0 Å². The zero-order valence-electron chi connectivity index (χ0n) is 6.18. The van der Waals surface area contributed by atoms with E-state index in [9.17, 15) is 9.90 Å². The van der Waals surface area contributed by atoms with Crippen LogP contribution in [0, 0.1) is 0 Å². The van der Waals surface area contributed by atoms with Crippen molar-refractivity contribution in [1.82, 2.24) is 0 Å². The third-order valence-electron chi connectivity index (χ3n) is 2.00. The van der Waals surface area contributed by atoms with E-state index in [1.54, 1.807) is 6.08 Å². The fraction of sp³-hybridized carbons (Fsp3) is 0.375. The molecule has 0 saturated heterocycles. The van der Waals surface area contributed by atoms with Crippen LogP contribution in [0.4, 0.5) is 0 Å². The van der Waals surface area contributed by atoms with Gasteiger partial charge in [0.15, 0.2) is 6.10 Å². The zero-order valence-corrected chi connectivity index (χ0v) is 6.18. The van der Waals surface area contributed by atoms with Crippen molar-refractivity contribution in [3.63, 3.8) is 0 Å². The smallest absolute Gasteiger partial charge is 0.331 e. The topological polar surface area (TPSA) is 66.8 Å². The second-order valence-electron chi connectivity index (χ2n) is 2.84. The molecule has 0 aromatic carbocycles. The molecule has 2 N–H and O–H groups in total. The molecule has 0 aromatic rings. The van der Waals surface area contributed by atoms with E-state index in [-0.39, 0.29) is 0 Å².